The summed E-state index contributed by atoms with van der Waals surface area (Å²) in [5, 5.41) is 6.40. The third-order valence-corrected chi connectivity index (χ3v) is 3.46. The van der Waals surface area contributed by atoms with Crippen molar-refractivity contribution in [2.45, 2.75) is 45.4 Å². The maximum Gasteiger partial charge on any atom is 0.356 e. The number of hydrogen-bond donors (Lipinski definition) is 2. The fourth-order valence-corrected chi connectivity index (χ4v) is 2.35. The van der Waals surface area contributed by atoms with Gasteiger partial charge in [-0.15, -0.1) is 0 Å². The number of fused-ring (bicyclic) bond motifs is 1. The Labute approximate surface area is 144 Å². The average Bonchev–Trinajstić information content (AvgIpc) is 3.17. The van der Waals surface area contributed by atoms with Crippen LogP contribution in [0.5, 0.6) is 0 Å². The van der Waals surface area contributed by atoms with Crippen LogP contribution in [0.15, 0.2) is 29.4 Å². The molecule has 8 nitrogen and oxygen atoms in total. The van der Waals surface area contributed by atoms with Gasteiger partial charge in [0.15, 0.2) is 5.71 Å². The molecule has 0 fully saturated rings. The van der Waals surface area contributed by atoms with E-state index in [4.69, 9.17) is 9.57 Å². The molecule has 2 heterocycles. The zero-order chi connectivity index (χ0) is 18.0. The molecule has 1 atom stereocenters. The van der Waals surface area contributed by atoms with Gasteiger partial charge in [-0.25, -0.2) is 9.78 Å². The van der Waals surface area contributed by atoms with Crippen molar-refractivity contribution in [3.63, 3.8) is 0 Å². The van der Waals surface area contributed by atoms with Crippen molar-refractivity contribution >= 4 is 28.6 Å². The van der Waals surface area contributed by atoms with E-state index in [0.29, 0.717) is 5.82 Å². The standard InChI is InChI=1S/C17H20N4O4/c1-17(2,3)24-16(23)12-8-13(25-21-12)15(22)18-9-14-19-10-6-4-5-7-11(10)20-14/h4-7,13H,8-9H2,1-3H3,(H,18,22)(H,19,20)/t13-/m1/s1. The van der Waals surface area contributed by atoms with Gasteiger partial charge in [-0.05, 0) is 32.9 Å². The van der Waals surface area contributed by atoms with E-state index >= 15 is 0 Å². The Morgan fingerprint density at radius 2 is 2.12 bits per heavy atom. The highest BCUT2D eigenvalue weighted by Gasteiger charge is 2.33. The largest absolute Gasteiger partial charge is 0.455 e. The minimum Gasteiger partial charge on any atom is -0.455 e. The Morgan fingerprint density at radius 1 is 1.36 bits per heavy atom. The van der Waals surface area contributed by atoms with Crippen LogP contribution in [0, 0.1) is 0 Å². The number of ether oxygens (including phenoxy) is 1. The molecule has 0 saturated carbocycles. The van der Waals surface area contributed by atoms with E-state index < -0.39 is 17.7 Å². The van der Waals surface area contributed by atoms with Gasteiger partial charge in [0.05, 0.1) is 17.6 Å². The molecule has 0 aliphatic carbocycles. The number of carbonyl (C=O) groups excluding carboxylic acids is 2. The quantitative estimate of drug-likeness (QED) is 0.821. The first-order valence-electron chi connectivity index (χ1n) is 7.99. The van der Waals surface area contributed by atoms with Crippen LogP contribution in [0.2, 0.25) is 0 Å². The second kappa shape index (κ2) is 6.54. The molecule has 3 rings (SSSR count). The molecule has 1 aromatic carbocycles. The highest BCUT2D eigenvalue weighted by atomic mass is 16.7. The molecule has 2 aromatic rings. The van der Waals surface area contributed by atoms with Gasteiger partial charge in [-0.2, -0.15) is 0 Å². The smallest absolute Gasteiger partial charge is 0.356 e. The number of rotatable bonds is 4. The average molecular weight is 344 g/mol. The molecule has 1 aliphatic heterocycles. The number of esters is 1. The van der Waals surface area contributed by atoms with Crippen molar-refractivity contribution in [3.8, 4) is 0 Å². The number of aromatic amines is 1. The number of oxime groups is 1. The van der Waals surface area contributed by atoms with E-state index in [2.05, 4.69) is 20.4 Å². The first kappa shape index (κ1) is 16.9. The summed E-state index contributed by atoms with van der Waals surface area (Å²) in [6.45, 7) is 5.52. The van der Waals surface area contributed by atoms with Gasteiger partial charge in [0, 0.05) is 6.42 Å². The lowest BCUT2D eigenvalue weighted by Gasteiger charge is -2.18. The third kappa shape index (κ3) is 4.14. The van der Waals surface area contributed by atoms with Gasteiger partial charge in [0.1, 0.15) is 11.4 Å². The Kier molecular flexibility index (Phi) is 4.43. The van der Waals surface area contributed by atoms with Crippen LogP contribution in [0.1, 0.15) is 33.0 Å². The SMILES string of the molecule is CC(C)(C)OC(=O)C1=NO[C@@H](C(=O)NCc2nc3ccccc3[nH]2)C1. The van der Waals surface area contributed by atoms with Crippen LogP contribution >= 0.6 is 0 Å². The van der Waals surface area contributed by atoms with E-state index in [9.17, 15) is 9.59 Å². The lowest BCUT2D eigenvalue weighted by atomic mass is 10.1. The third-order valence-electron chi connectivity index (χ3n) is 3.46. The van der Waals surface area contributed by atoms with Crippen molar-refractivity contribution in [2.75, 3.05) is 0 Å². The summed E-state index contributed by atoms with van der Waals surface area (Å²) in [5.74, 6) is -0.288. The number of hydrogen-bond acceptors (Lipinski definition) is 6. The number of carbonyl (C=O) groups is 2. The summed E-state index contributed by atoms with van der Waals surface area (Å²) in [6, 6.07) is 7.60. The van der Waals surface area contributed by atoms with Crippen LogP contribution in [-0.4, -0.2) is 39.3 Å². The maximum absolute atomic E-state index is 12.2. The van der Waals surface area contributed by atoms with Crippen molar-refractivity contribution in [2.24, 2.45) is 5.16 Å². The van der Waals surface area contributed by atoms with Crippen molar-refractivity contribution in [3.05, 3.63) is 30.1 Å². The number of imidazole rings is 1. The predicted octanol–water partition coefficient (Wildman–Crippen LogP) is 1.67. The maximum atomic E-state index is 12.2. The molecular weight excluding hydrogens is 324 g/mol. The first-order valence-corrected chi connectivity index (χ1v) is 7.99. The van der Waals surface area contributed by atoms with E-state index in [-0.39, 0.29) is 24.6 Å². The first-order chi connectivity index (χ1) is 11.8. The summed E-state index contributed by atoms with van der Waals surface area (Å²) in [7, 11) is 0. The highest BCUT2D eigenvalue weighted by molar-refractivity contribution is 6.37. The van der Waals surface area contributed by atoms with Crippen LogP contribution in [-0.2, 0) is 25.7 Å². The van der Waals surface area contributed by atoms with E-state index in [1.807, 2.05) is 24.3 Å². The molecule has 0 unspecified atom stereocenters. The molecule has 0 bridgehead atoms. The normalized spacial score (nSPS) is 17.1. The van der Waals surface area contributed by atoms with Crippen LogP contribution in [0.3, 0.4) is 0 Å². The monoisotopic (exact) mass is 344 g/mol. The van der Waals surface area contributed by atoms with Crippen LogP contribution in [0.25, 0.3) is 11.0 Å². The minimum atomic E-state index is -0.841. The van der Waals surface area contributed by atoms with E-state index in [0.717, 1.165) is 11.0 Å². The molecule has 8 heteroatoms. The summed E-state index contributed by atoms with van der Waals surface area (Å²) in [4.78, 5) is 36.7. The Bertz CT molecular complexity index is 802. The summed E-state index contributed by atoms with van der Waals surface area (Å²) >= 11 is 0. The molecular formula is C17H20N4O4. The van der Waals surface area contributed by atoms with Gasteiger partial charge >= 0.3 is 5.97 Å². The fraction of sp³-hybridized carbons (Fsp3) is 0.412. The number of para-hydroxylation sites is 2. The second-order valence-corrected chi connectivity index (χ2v) is 6.76. The Hall–Kier alpha value is -2.90. The zero-order valence-electron chi connectivity index (χ0n) is 14.3. The zero-order valence-corrected chi connectivity index (χ0v) is 14.3. The van der Waals surface area contributed by atoms with Gasteiger partial charge < -0.3 is 19.9 Å². The Balaban J connectivity index is 1.52. The number of nitrogens with zero attached hydrogens (tertiary/aromatic N) is 2. The van der Waals surface area contributed by atoms with Crippen molar-refractivity contribution in [1.29, 1.82) is 0 Å². The highest BCUT2D eigenvalue weighted by Crippen LogP contribution is 2.16. The number of benzene rings is 1. The van der Waals surface area contributed by atoms with Gasteiger partial charge in [-0.3, -0.25) is 4.79 Å². The van der Waals surface area contributed by atoms with E-state index in [1.165, 1.54) is 0 Å². The molecule has 2 N–H and O–H groups in total. The molecule has 25 heavy (non-hydrogen) atoms. The number of nitrogens with one attached hydrogen (secondary N) is 2. The van der Waals surface area contributed by atoms with Gasteiger partial charge in [0.25, 0.3) is 5.91 Å². The van der Waals surface area contributed by atoms with Crippen LogP contribution < -0.4 is 5.32 Å². The summed E-state index contributed by atoms with van der Waals surface area (Å²) < 4.78 is 5.22. The predicted molar refractivity (Wildman–Crippen MR) is 90.7 cm³/mol. The fourth-order valence-electron chi connectivity index (χ4n) is 2.35. The molecule has 0 saturated heterocycles. The van der Waals surface area contributed by atoms with Gasteiger partial charge in [-0.1, -0.05) is 17.3 Å². The topological polar surface area (TPSA) is 106 Å². The lowest BCUT2D eigenvalue weighted by Crippen LogP contribution is -2.36. The number of aromatic nitrogens is 2. The van der Waals surface area contributed by atoms with Crippen LogP contribution in [0.4, 0.5) is 0 Å². The van der Waals surface area contributed by atoms with Crippen molar-refractivity contribution < 1.29 is 19.2 Å². The molecule has 132 valence electrons. The van der Waals surface area contributed by atoms with Gasteiger partial charge in [0.2, 0.25) is 6.10 Å². The van der Waals surface area contributed by atoms with E-state index in [1.54, 1.807) is 20.8 Å². The summed E-state index contributed by atoms with van der Waals surface area (Å²) in [5.41, 5.74) is 1.22. The second-order valence-electron chi connectivity index (χ2n) is 6.76. The van der Waals surface area contributed by atoms with Crippen molar-refractivity contribution in [1.82, 2.24) is 15.3 Å². The molecule has 1 amide bonds. The molecule has 1 aliphatic rings. The number of H-pyrrole nitrogens is 1. The Morgan fingerprint density at radius 3 is 2.84 bits per heavy atom. The summed E-state index contributed by atoms with van der Waals surface area (Å²) in [6.07, 6.45) is -0.757. The number of amides is 1. The molecule has 0 spiro atoms. The minimum absolute atomic E-state index is 0.0842. The molecule has 1 aromatic heterocycles. The molecule has 0 radical (unpaired) electrons. The lowest BCUT2D eigenvalue weighted by molar-refractivity contribution is -0.146.